The van der Waals surface area contributed by atoms with Crippen molar-refractivity contribution in [3.8, 4) is 0 Å². The summed E-state index contributed by atoms with van der Waals surface area (Å²) in [5.74, 6) is -1.14. The fourth-order valence-corrected chi connectivity index (χ4v) is 1.68. The predicted octanol–water partition coefficient (Wildman–Crippen LogP) is 0.593. The number of nitrogens with two attached hydrogens (primary N) is 1. The van der Waals surface area contributed by atoms with Gasteiger partial charge in [-0.05, 0) is 13.0 Å². The Labute approximate surface area is 105 Å². The maximum atomic E-state index is 11.7. The van der Waals surface area contributed by atoms with Crippen LogP contribution in [0.2, 0.25) is 0 Å². The Morgan fingerprint density at radius 1 is 1.33 bits per heavy atom. The molecule has 1 aromatic heterocycles. The standard InChI is InChI=1S/C12H16N2O4/c1-7-5-8(11(15)17-3)10(14(7)2)9(6-13)12(16)18-4/h5-6H,13H2,1-4H3/b9-6-. The van der Waals surface area contributed by atoms with Crippen molar-refractivity contribution in [3.05, 3.63) is 29.2 Å². The Morgan fingerprint density at radius 2 is 1.94 bits per heavy atom. The summed E-state index contributed by atoms with van der Waals surface area (Å²) >= 11 is 0. The lowest BCUT2D eigenvalue weighted by Gasteiger charge is -2.09. The van der Waals surface area contributed by atoms with E-state index >= 15 is 0 Å². The molecule has 0 aliphatic carbocycles. The number of aromatic nitrogens is 1. The zero-order valence-corrected chi connectivity index (χ0v) is 10.8. The molecule has 0 saturated carbocycles. The van der Waals surface area contributed by atoms with Gasteiger partial charge in [-0.1, -0.05) is 0 Å². The third-order valence-corrected chi connectivity index (χ3v) is 2.71. The average molecular weight is 252 g/mol. The van der Waals surface area contributed by atoms with Gasteiger partial charge in [-0.3, -0.25) is 0 Å². The van der Waals surface area contributed by atoms with Crippen molar-refractivity contribution < 1.29 is 19.1 Å². The van der Waals surface area contributed by atoms with Gasteiger partial charge in [0.1, 0.15) is 0 Å². The Bertz CT molecular complexity index is 514. The molecule has 0 saturated heterocycles. The first-order valence-electron chi connectivity index (χ1n) is 5.23. The normalized spacial score (nSPS) is 11.2. The van der Waals surface area contributed by atoms with Crippen molar-refractivity contribution in [3.63, 3.8) is 0 Å². The molecule has 1 aromatic rings. The molecule has 0 aromatic carbocycles. The number of nitrogens with zero attached hydrogens (tertiary/aromatic N) is 1. The SMILES string of the molecule is COC(=O)/C(=C\N)c1c(C(=O)OC)cc(C)n1C. The lowest BCUT2D eigenvalue weighted by molar-refractivity contribution is -0.133. The second-order valence-electron chi connectivity index (χ2n) is 3.67. The van der Waals surface area contributed by atoms with Gasteiger partial charge in [-0.25, -0.2) is 9.59 Å². The van der Waals surface area contributed by atoms with Crippen LogP contribution in [-0.4, -0.2) is 30.7 Å². The highest BCUT2D eigenvalue weighted by molar-refractivity contribution is 6.18. The molecule has 6 nitrogen and oxygen atoms in total. The minimum Gasteiger partial charge on any atom is -0.465 e. The maximum Gasteiger partial charge on any atom is 0.341 e. The highest BCUT2D eigenvalue weighted by atomic mass is 16.5. The molecule has 18 heavy (non-hydrogen) atoms. The molecule has 6 heteroatoms. The van der Waals surface area contributed by atoms with Gasteiger partial charge in [0.05, 0.1) is 31.1 Å². The van der Waals surface area contributed by atoms with Crippen LogP contribution in [0.5, 0.6) is 0 Å². The van der Waals surface area contributed by atoms with Crippen molar-refractivity contribution in [2.24, 2.45) is 12.8 Å². The minimum atomic E-state index is -0.608. The fourth-order valence-electron chi connectivity index (χ4n) is 1.68. The van der Waals surface area contributed by atoms with Crippen LogP contribution >= 0.6 is 0 Å². The van der Waals surface area contributed by atoms with Crippen LogP contribution in [0.15, 0.2) is 12.3 Å². The monoisotopic (exact) mass is 252 g/mol. The van der Waals surface area contributed by atoms with E-state index in [4.69, 9.17) is 5.73 Å². The zero-order chi connectivity index (χ0) is 13.9. The quantitative estimate of drug-likeness (QED) is 0.629. The van der Waals surface area contributed by atoms with Gasteiger partial charge in [0.15, 0.2) is 0 Å². The number of methoxy groups -OCH3 is 2. The summed E-state index contributed by atoms with van der Waals surface area (Å²) in [6.45, 7) is 1.81. The summed E-state index contributed by atoms with van der Waals surface area (Å²) < 4.78 is 11.0. The molecule has 0 aliphatic rings. The Balaban J connectivity index is 3.47. The molecule has 0 spiro atoms. The van der Waals surface area contributed by atoms with E-state index in [1.165, 1.54) is 14.2 Å². The van der Waals surface area contributed by atoms with Crippen LogP contribution in [0.1, 0.15) is 21.7 Å². The van der Waals surface area contributed by atoms with Gasteiger partial charge < -0.3 is 19.8 Å². The predicted molar refractivity (Wildman–Crippen MR) is 65.7 cm³/mol. The number of carbonyl (C=O) groups is 2. The molecule has 0 bridgehead atoms. The van der Waals surface area contributed by atoms with E-state index in [9.17, 15) is 9.59 Å². The number of hydrogen-bond acceptors (Lipinski definition) is 5. The molecule has 2 N–H and O–H groups in total. The topological polar surface area (TPSA) is 83.6 Å². The summed E-state index contributed by atoms with van der Waals surface area (Å²) in [5, 5.41) is 0. The lowest BCUT2D eigenvalue weighted by Crippen LogP contribution is -2.13. The Hall–Kier alpha value is -2.24. The van der Waals surface area contributed by atoms with E-state index in [1.54, 1.807) is 24.6 Å². The summed E-state index contributed by atoms with van der Waals surface area (Å²) in [6, 6.07) is 1.63. The van der Waals surface area contributed by atoms with Gasteiger partial charge in [-0.2, -0.15) is 0 Å². The minimum absolute atomic E-state index is 0.119. The van der Waals surface area contributed by atoms with E-state index in [2.05, 4.69) is 9.47 Å². The zero-order valence-electron chi connectivity index (χ0n) is 10.8. The van der Waals surface area contributed by atoms with E-state index in [1.807, 2.05) is 0 Å². The average Bonchev–Trinajstić information content (AvgIpc) is 2.67. The van der Waals surface area contributed by atoms with E-state index in [0.717, 1.165) is 11.9 Å². The smallest absolute Gasteiger partial charge is 0.341 e. The molecule has 1 rings (SSSR count). The molecule has 0 atom stereocenters. The second-order valence-corrected chi connectivity index (χ2v) is 3.67. The van der Waals surface area contributed by atoms with Gasteiger partial charge in [-0.15, -0.1) is 0 Å². The summed E-state index contributed by atoms with van der Waals surface area (Å²) in [5.41, 5.74) is 7.02. The number of carbonyl (C=O) groups excluding carboxylic acids is 2. The van der Waals surface area contributed by atoms with E-state index in [-0.39, 0.29) is 11.1 Å². The van der Waals surface area contributed by atoms with Gasteiger partial charge in [0.25, 0.3) is 0 Å². The third kappa shape index (κ3) is 2.22. The number of aryl methyl sites for hydroxylation is 1. The van der Waals surface area contributed by atoms with Crippen molar-refractivity contribution >= 4 is 17.5 Å². The summed E-state index contributed by atoms with van der Waals surface area (Å²) in [6.07, 6.45) is 1.12. The summed E-state index contributed by atoms with van der Waals surface area (Å²) in [7, 11) is 4.25. The summed E-state index contributed by atoms with van der Waals surface area (Å²) in [4.78, 5) is 23.3. The Morgan fingerprint density at radius 3 is 2.39 bits per heavy atom. The van der Waals surface area contributed by atoms with Crippen LogP contribution in [0, 0.1) is 6.92 Å². The molecule has 0 unspecified atom stereocenters. The fraction of sp³-hybridized carbons (Fsp3) is 0.333. The first kappa shape index (κ1) is 13.8. The van der Waals surface area contributed by atoms with Gasteiger partial charge in [0, 0.05) is 18.9 Å². The molecule has 0 radical (unpaired) electrons. The highest BCUT2D eigenvalue weighted by Crippen LogP contribution is 2.24. The van der Waals surface area contributed by atoms with Crippen LogP contribution < -0.4 is 5.73 Å². The lowest BCUT2D eigenvalue weighted by atomic mass is 10.1. The first-order chi connectivity index (χ1) is 8.47. The van der Waals surface area contributed by atoms with E-state index in [0.29, 0.717) is 5.69 Å². The van der Waals surface area contributed by atoms with Crippen LogP contribution in [-0.2, 0) is 21.3 Å². The highest BCUT2D eigenvalue weighted by Gasteiger charge is 2.24. The molecular weight excluding hydrogens is 236 g/mol. The molecule has 0 amide bonds. The van der Waals surface area contributed by atoms with Crippen molar-refractivity contribution in [1.82, 2.24) is 4.57 Å². The third-order valence-electron chi connectivity index (χ3n) is 2.71. The van der Waals surface area contributed by atoms with E-state index < -0.39 is 11.9 Å². The van der Waals surface area contributed by atoms with Crippen LogP contribution in [0.3, 0.4) is 0 Å². The molecule has 1 heterocycles. The molecule has 98 valence electrons. The largest absolute Gasteiger partial charge is 0.465 e. The first-order valence-corrected chi connectivity index (χ1v) is 5.23. The van der Waals surface area contributed by atoms with Crippen molar-refractivity contribution in [2.75, 3.05) is 14.2 Å². The van der Waals surface area contributed by atoms with Crippen LogP contribution in [0.25, 0.3) is 5.57 Å². The van der Waals surface area contributed by atoms with Crippen LogP contribution in [0.4, 0.5) is 0 Å². The molecule has 0 aliphatic heterocycles. The number of esters is 2. The van der Waals surface area contributed by atoms with Crippen molar-refractivity contribution in [1.29, 1.82) is 0 Å². The second kappa shape index (κ2) is 5.39. The van der Waals surface area contributed by atoms with Gasteiger partial charge in [0.2, 0.25) is 0 Å². The number of hydrogen-bond donors (Lipinski definition) is 1. The van der Waals surface area contributed by atoms with Gasteiger partial charge >= 0.3 is 11.9 Å². The Kier molecular flexibility index (Phi) is 4.14. The number of rotatable bonds is 3. The maximum absolute atomic E-state index is 11.7. The number of ether oxygens (including phenoxy) is 2. The van der Waals surface area contributed by atoms with Crippen molar-refractivity contribution in [2.45, 2.75) is 6.92 Å². The molecule has 0 fully saturated rings. The molecular formula is C12H16N2O4.